The summed E-state index contributed by atoms with van der Waals surface area (Å²) in [6.45, 7) is 5.44. The zero-order chi connectivity index (χ0) is 30.4. The van der Waals surface area contributed by atoms with Gasteiger partial charge in [0.2, 0.25) is 0 Å². The van der Waals surface area contributed by atoms with Crippen LogP contribution in [-0.2, 0) is 0 Å². The Balaban J connectivity index is 1.26. The molecular formula is C33H42N4O6. The van der Waals surface area contributed by atoms with Gasteiger partial charge in [0, 0.05) is 49.2 Å². The number of anilines is 2. The molecule has 10 nitrogen and oxygen atoms in total. The summed E-state index contributed by atoms with van der Waals surface area (Å²) in [5.74, 6) is 2.04. The van der Waals surface area contributed by atoms with Crippen molar-refractivity contribution in [2.24, 2.45) is 0 Å². The number of methoxy groups -OCH3 is 1. The molecule has 1 aliphatic rings. The number of carbonyl (C=O) groups excluding carboxylic acids is 2. The van der Waals surface area contributed by atoms with E-state index in [1.807, 2.05) is 12.1 Å². The van der Waals surface area contributed by atoms with E-state index in [1.54, 1.807) is 54.6 Å². The number of hydrogen-bond donors (Lipinski definition) is 4. The van der Waals surface area contributed by atoms with Crippen LogP contribution in [-0.4, -0.2) is 67.9 Å². The number of aliphatic hydroxyl groups is 1. The number of ether oxygens (including phenoxy) is 3. The van der Waals surface area contributed by atoms with Crippen LogP contribution in [0.25, 0.3) is 0 Å². The number of amides is 3. The summed E-state index contributed by atoms with van der Waals surface area (Å²) in [6.07, 6.45) is 5.07. The zero-order valence-corrected chi connectivity index (χ0v) is 24.9. The van der Waals surface area contributed by atoms with Crippen LogP contribution in [0.4, 0.5) is 16.2 Å². The number of piperidine rings is 1. The number of β-amino-alcohol motifs (C(OH)–C–C–N with tert-alkyl or cyclic N) is 1. The predicted octanol–water partition coefficient (Wildman–Crippen LogP) is 5.89. The van der Waals surface area contributed by atoms with Gasteiger partial charge in [-0.25, -0.2) is 4.79 Å². The lowest BCUT2D eigenvalue weighted by atomic mass is 10.1. The molecule has 3 amide bonds. The standard InChI is InChI=1S/C33H42N4O6/c1-3-4-5-18-34-33(40)36-26-10-15-30(31(23-26)41-2)43-28-13-8-25(9-14-28)35-32(39)24-6-11-27(12-7-24)42-29-16-19-37(20-17-29)21-22-38/h6-15,23,29,38H,3-5,16-22H2,1-2H3,(H,35,39)(H2,34,36,40). The van der Waals surface area contributed by atoms with Crippen LogP contribution < -0.4 is 30.2 Å². The van der Waals surface area contributed by atoms with Gasteiger partial charge in [-0.15, -0.1) is 0 Å². The number of hydrogen-bond acceptors (Lipinski definition) is 7. The Morgan fingerprint density at radius 1 is 0.884 bits per heavy atom. The monoisotopic (exact) mass is 590 g/mol. The number of nitrogens with zero attached hydrogens (tertiary/aromatic N) is 1. The topological polar surface area (TPSA) is 121 Å². The lowest BCUT2D eigenvalue weighted by Gasteiger charge is -2.31. The molecule has 1 fully saturated rings. The normalized spacial score (nSPS) is 13.7. The molecule has 230 valence electrons. The molecular weight excluding hydrogens is 548 g/mol. The molecule has 4 rings (SSSR count). The maximum absolute atomic E-state index is 12.8. The molecule has 0 saturated carbocycles. The first-order valence-corrected chi connectivity index (χ1v) is 14.9. The first-order valence-electron chi connectivity index (χ1n) is 14.9. The predicted molar refractivity (Wildman–Crippen MR) is 168 cm³/mol. The van der Waals surface area contributed by atoms with Crippen molar-refractivity contribution in [3.63, 3.8) is 0 Å². The highest BCUT2D eigenvalue weighted by Crippen LogP contribution is 2.34. The lowest BCUT2D eigenvalue weighted by Crippen LogP contribution is -2.39. The Morgan fingerprint density at radius 3 is 2.26 bits per heavy atom. The van der Waals surface area contributed by atoms with E-state index < -0.39 is 0 Å². The van der Waals surface area contributed by atoms with E-state index >= 15 is 0 Å². The molecule has 1 heterocycles. The van der Waals surface area contributed by atoms with Crippen molar-refractivity contribution in [2.45, 2.75) is 45.1 Å². The molecule has 0 radical (unpaired) electrons. The number of likely N-dealkylation sites (tertiary alicyclic amines) is 1. The van der Waals surface area contributed by atoms with Crippen molar-refractivity contribution in [3.8, 4) is 23.0 Å². The fourth-order valence-electron chi connectivity index (χ4n) is 4.79. The largest absolute Gasteiger partial charge is 0.493 e. The molecule has 0 atom stereocenters. The maximum Gasteiger partial charge on any atom is 0.319 e. The van der Waals surface area contributed by atoms with E-state index in [0.717, 1.165) is 50.9 Å². The zero-order valence-electron chi connectivity index (χ0n) is 24.9. The second-order valence-electron chi connectivity index (χ2n) is 10.4. The summed E-state index contributed by atoms with van der Waals surface area (Å²) in [4.78, 5) is 27.2. The fourth-order valence-corrected chi connectivity index (χ4v) is 4.79. The highest BCUT2D eigenvalue weighted by molar-refractivity contribution is 6.04. The van der Waals surface area contributed by atoms with Gasteiger partial charge in [-0.1, -0.05) is 19.8 Å². The minimum absolute atomic E-state index is 0.136. The average Bonchev–Trinajstić information content (AvgIpc) is 3.02. The minimum Gasteiger partial charge on any atom is -0.493 e. The van der Waals surface area contributed by atoms with Crippen LogP contribution in [0.3, 0.4) is 0 Å². The van der Waals surface area contributed by atoms with Crippen molar-refractivity contribution < 1.29 is 28.9 Å². The third-order valence-electron chi connectivity index (χ3n) is 7.20. The minimum atomic E-state index is -0.264. The van der Waals surface area contributed by atoms with E-state index in [-0.39, 0.29) is 24.6 Å². The van der Waals surface area contributed by atoms with Gasteiger partial charge >= 0.3 is 6.03 Å². The van der Waals surface area contributed by atoms with Gasteiger partial charge < -0.3 is 40.2 Å². The number of rotatable bonds is 14. The summed E-state index contributed by atoms with van der Waals surface area (Å²) in [5.41, 5.74) is 1.75. The number of carbonyl (C=O) groups is 2. The van der Waals surface area contributed by atoms with Crippen molar-refractivity contribution in [2.75, 3.05) is 50.5 Å². The number of benzene rings is 3. The lowest BCUT2D eigenvalue weighted by molar-refractivity contribution is 0.0888. The van der Waals surface area contributed by atoms with Gasteiger partial charge in [0.1, 0.15) is 17.6 Å². The summed E-state index contributed by atoms with van der Waals surface area (Å²) in [6, 6.07) is 19.1. The van der Waals surface area contributed by atoms with Crippen LogP contribution in [0.1, 0.15) is 49.4 Å². The molecule has 3 aromatic rings. The van der Waals surface area contributed by atoms with Crippen LogP contribution in [0.2, 0.25) is 0 Å². The van der Waals surface area contributed by atoms with Crippen molar-refractivity contribution in [1.29, 1.82) is 0 Å². The number of urea groups is 1. The summed E-state index contributed by atoms with van der Waals surface area (Å²) in [7, 11) is 1.54. The third kappa shape index (κ3) is 9.90. The molecule has 3 aromatic carbocycles. The average molecular weight is 591 g/mol. The Bertz CT molecular complexity index is 1310. The van der Waals surface area contributed by atoms with Gasteiger partial charge in [-0.3, -0.25) is 4.79 Å². The third-order valence-corrected chi connectivity index (χ3v) is 7.20. The second kappa shape index (κ2) is 16.4. The Hall–Kier alpha value is -4.28. The molecule has 0 aromatic heterocycles. The number of nitrogens with one attached hydrogen (secondary N) is 3. The van der Waals surface area contributed by atoms with Crippen LogP contribution in [0, 0.1) is 0 Å². The van der Waals surface area contributed by atoms with E-state index in [9.17, 15) is 9.59 Å². The van der Waals surface area contributed by atoms with Crippen molar-refractivity contribution in [3.05, 3.63) is 72.3 Å². The molecule has 1 saturated heterocycles. The smallest absolute Gasteiger partial charge is 0.319 e. The van der Waals surface area contributed by atoms with E-state index in [1.165, 1.54) is 7.11 Å². The summed E-state index contributed by atoms with van der Waals surface area (Å²) < 4.78 is 17.6. The fraction of sp³-hybridized carbons (Fsp3) is 0.394. The number of aliphatic hydroxyl groups excluding tert-OH is 1. The summed E-state index contributed by atoms with van der Waals surface area (Å²) >= 11 is 0. The molecule has 1 aliphatic heterocycles. The maximum atomic E-state index is 12.8. The van der Waals surface area contributed by atoms with E-state index in [2.05, 4.69) is 27.8 Å². The van der Waals surface area contributed by atoms with E-state index in [0.29, 0.717) is 47.3 Å². The molecule has 0 spiro atoms. The highest BCUT2D eigenvalue weighted by atomic mass is 16.5. The van der Waals surface area contributed by atoms with Gasteiger partial charge in [0.05, 0.1) is 13.7 Å². The van der Waals surface area contributed by atoms with Crippen LogP contribution in [0.15, 0.2) is 66.7 Å². The first kappa shape index (κ1) is 31.7. The SMILES string of the molecule is CCCCCNC(=O)Nc1ccc(Oc2ccc(NC(=O)c3ccc(OC4CCN(CCO)CC4)cc3)cc2)c(OC)c1. The van der Waals surface area contributed by atoms with Crippen LogP contribution in [0.5, 0.6) is 23.0 Å². The molecule has 10 heteroatoms. The van der Waals surface area contributed by atoms with Gasteiger partial charge in [0.25, 0.3) is 5.91 Å². The molecule has 0 unspecified atom stereocenters. The van der Waals surface area contributed by atoms with Crippen molar-refractivity contribution >= 4 is 23.3 Å². The Labute approximate surface area is 253 Å². The van der Waals surface area contributed by atoms with Gasteiger partial charge in [-0.2, -0.15) is 0 Å². The molecule has 4 N–H and O–H groups in total. The number of unbranched alkanes of at least 4 members (excludes halogenated alkanes) is 2. The summed E-state index contributed by atoms with van der Waals surface area (Å²) in [5, 5.41) is 17.7. The van der Waals surface area contributed by atoms with Crippen LogP contribution >= 0.6 is 0 Å². The molecule has 0 aliphatic carbocycles. The Morgan fingerprint density at radius 2 is 1.58 bits per heavy atom. The molecule has 43 heavy (non-hydrogen) atoms. The quantitative estimate of drug-likeness (QED) is 0.173. The van der Waals surface area contributed by atoms with Gasteiger partial charge in [-0.05, 0) is 79.9 Å². The second-order valence-corrected chi connectivity index (χ2v) is 10.4. The van der Waals surface area contributed by atoms with Gasteiger partial charge in [0.15, 0.2) is 11.5 Å². The van der Waals surface area contributed by atoms with Crippen molar-refractivity contribution in [1.82, 2.24) is 10.2 Å². The highest BCUT2D eigenvalue weighted by Gasteiger charge is 2.20. The Kier molecular flexibility index (Phi) is 12.1. The molecule has 0 bridgehead atoms. The first-order chi connectivity index (χ1) is 21.0. The van der Waals surface area contributed by atoms with E-state index in [4.69, 9.17) is 19.3 Å².